The molecule has 0 amide bonds. The first-order valence-electron chi connectivity index (χ1n) is 6.10. The van der Waals surface area contributed by atoms with Crippen molar-refractivity contribution in [3.63, 3.8) is 0 Å². The molecule has 0 N–H and O–H groups in total. The van der Waals surface area contributed by atoms with Crippen molar-refractivity contribution in [3.8, 4) is 17.7 Å². The van der Waals surface area contributed by atoms with E-state index in [0.29, 0.717) is 24.7 Å². The lowest BCUT2D eigenvalue weighted by atomic mass is 10.0. The van der Waals surface area contributed by atoms with Gasteiger partial charge in [-0.2, -0.15) is 5.26 Å². The average Bonchev–Trinajstić information content (AvgIpc) is 2.95. The molecule has 2 aromatic rings. The molecule has 0 saturated carbocycles. The minimum absolute atomic E-state index is 0.394. The van der Waals surface area contributed by atoms with Gasteiger partial charge in [0.15, 0.2) is 0 Å². The van der Waals surface area contributed by atoms with E-state index < -0.39 is 0 Å². The summed E-state index contributed by atoms with van der Waals surface area (Å²) in [7, 11) is 0. The van der Waals surface area contributed by atoms with Gasteiger partial charge in [0.1, 0.15) is 12.4 Å². The van der Waals surface area contributed by atoms with Gasteiger partial charge in [0.2, 0.25) is 5.88 Å². The maximum absolute atomic E-state index is 9.05. The number of hydrogen-bond donors (Lipinski definition) is 0. The zero-order valence-electron chi connectivity index (χ0n) is 10.3. The highest BCUT2D eigenvalue weighted by molar-refractivity contribution is 5.53. The maximum atomic E-state index is 9.05. The highest BCUT2D eigenvalue weighted by atomic mass is 16.5. The summed E-state index contributed by atoms with van der Waals surface area (Å²) in [5, 5.41) is 9.05. The zero-order chi connectivity index (χ0) is 13.1. The first kappa shape index (κ1) is 11.5. The van der Waals surface area contributed by atoms with Crippen LogP contribution in [0.5, 0.6) is 11.6 Å². The van der Waals surface area contributed by atoms with Crippen molar-refractivity contribution in [1.82, 2.24) is 4.98 Å². The molecule has 1 aliphatic heterocycles. The average molecular weight is 252 g/mol. The number of hydrogen-bond acceptors (Lipinski definition) is 4. The van der Waals surface area contributed by atoms with E-state index in [4.69, 9.17) is 14.7 Å². The largest absolute Gasteiger partial charge is 0.492 e. The van der Waals surface area contributed by atoms with Gasteiger partial charge in [0.05, 0.1) is 18.2 Å². The maximum Gasteiger partial charge on any atom is 0.213 e. The van der Waals surface area contributed by atoms with Crippen molar-refractivity contribution >= 4 is 0 Å². The molecule has 0 aliphatic carbocycles. The molecule has 1 aliphatic rings. The van der Waals surface area contributed by atoms with E-state index in [1.807, 2.05) is 30.3 Å². The molecule has 1 aromatic carbocycles. The predicted octanol–water partition coefficient (Wildman–Crippen LogP) is 2.47. The molecule has 19 heavy (non-hydrogen) atoms. The highest BCUT2D eigenvalue weighted by Crippen LogP contribution is 2.32. The number of fused-ring (bicyclic) bond motifs is 1. The van der Waals surface area contributed by atoms with Crippen LogP contribution in [0.1, 0.15) is 16.7 Å². The summed E-state index contributed by atoms with van der Waals surface area (Å²) in [5.41, 5.74) is 2.64. The molecule has 1 aromatic heterocycles. The quantitative estimate of drug-likeness (QED) is 0.842. The molecule has 0 radical (unpaired) electrons. The van der Waals surface area contributed by atoms with Gasteiger partial charge in [-0.3, -0.25) is 0 Å². The van der Waals surface area contributed by atoms with Crippen molar-refractivity contribution in [2.75, 3.05) is 6.61 Å². The fourth-order valence-electron chi connectivity index (χ4n) is 2.16. The van der Waals surface area contributed by atoms with Gasteiger partial charge in [-0.1, -0.05) is 12.1 Å². The van der Waals surface area contributed by atoms with Crippen LogP contribution >= 0.6 is 0 Å². The van der Waals surface area contributed by atoms with Gasteiger partial charge in [-0.15, -0.1) is 0 Å². The van der Waals surface area contributed by atoms with Crippen molar-refractivity contribution in [1.29, 1.82) is 5.26 Å². The van der Waals surface area contributed by atoms with E-state index in [1.54, 1.807) is 6.20 Å². The Bertz CT molecular complexity index is 633. The molecule has 0 saturated heterocycles. The van der Waals surface area contributed by atoms with Gasteiger partial charge in [-0.05, 0) is 12.1 Å². The van der Waals surface area contributed by atoms with Crippen LogP contribution in [0.3, 0.4) is 0 Å². The zero-order valence-corrected chi connectivity index (χ0v) is 10.3. The fourth-order valence-corrected chi connectivity index (χ4v) is 2.16. The predicted molar refractivity (Wildman–Crippen MR) is 68.9 cm³/mol. The van der Waals surface area contributed by atoms with E-state index in [2.05, 4.69) is 11.1 Å². The Kier molecular flexibility index (Phi) is 3.03. The van der Waals surface area contributed by atoms with Gasteiger partial charge >= 0.3 is 0 Å². The van der Waals surface area contributed by atoms with Crippen LogP contribution in [0.15, 0.2) is 36.5 Å². The van der Waals surface area contributed by atoms with Gasteiger partial charge in [0.25, 0.3) is 0 Å². The van der Waals surface area contributed by atoms with E-state index >= 15 is 0 Å². The normalized spacial score (nSPS) is 12.4. The molecule has 0 unspecified atom stereocenters. The number of pyridine rings is 1. The summed E-state index contributed by atoms with van der Waals surface area (Å²) in [4.78, 5) is 4.11. The van der Waals surface area contributed by atoms with Gasteiger partial charge in [0, 0.05) is 29.8 Å². The number of nitrogens with zero attached hydrogens (tertiary/aromatic N) is 2. The lowest BCUT2D eigenvalue weighted by Gasteiger charge is -2.10. The van der Waals surface area contributed by atoms with Crippen LogP contribution in [0.2, 0.25) is 0 Å². The Hall–Kier alpha value is -2.54. The van der Waals surface area contributed by atoms with Crippen LogP contribution < -0.4 is 9.47 Å². The SMILES string of the molecule is N#Cc1ccc(COc2ccccn2)c2c1CCO2. The number of nitriles is 1. The highest BCUT2D eigenvalue weighted by Gasteiger charge is 2.20. The topological polar surface area (TPSA) is 55.1 Å². The van der Waals surface area contributed by atoms with E-state index in [0.717, 1.165) is 23.3 Å². The molecule has 3 rings (SSSR count). The Labute approximate surface area is 111 Å². The summed E-state index contributed by atoms with van der Waals surface area (Å²) in [6.07, 6.45) is 2.48. The Morgan fingerprint density at radius 1 is 1.32 bits per heavy atom. The van der Waals surface area contributed by atoms with Crippen molar-refractivity contribution in [3.05, 3.63) is 53.2 Å². The van der Waals surface area contributed by atoms with Gasteiger partial charge < -0.3 is 9.47 Å². The number of ether oxygens (including phenoxy) is 2. The number of rotatable bonds is 3. The third kappa shape index (κ3) is 2.23. The van der Waals surface area contributed by atoms with Crippen LogP contribution in [0.4, 0.5) is 0 Å². The van der Waals surface area contributed by atoms with E-state index in [9.17, 15) is 0 Å². The molecular weight excluding hydrogens is 240 g/mol. The molecule has 2 heterocycles. The third-order valence-electron chi connectivity index (χ3n) is 3.07. The Balaban J connectivity index is 1.83. The third-order valence-corrected chi connectivity index (χ3v) is 3.07. The molecule has 0 atom stereocenters. The number of benzene rings is 1. The molecule has 0 bridgehead atoms. The first-order chi connectivity index (χ1) is 9.38. The number of aromatic nitrogens is 1. The molecule has 4 heteroatoms. The van der Waals surface area contributed by atoms with Crippen molar-refractivity contribution < 1.29 is 9.47 Å². The first-order valence-corrected chi connectivity index (χ1v) is 6.10. The van der Waals surface area contributed by atoms with E-state index in [-0.39, 0.29) is 0 Å². The second-order valence-electron chi connectivity index (χ2n) is 4.25. The Morgan fingerprint density at radius 2 is 2.26 bits per heavy atom. The second-order valence-corrected chi connectivity index (χ2v) is 4.25. The lowest BCUT2D eigenvalue weighted by molar-refractivity contribution is 0.282. The summed E-state index contributed by atoms with van der Waals surface area (Å²) < 4.78 is 11.2. The van der Waals surface area contributed by atoms with Crippen molar-refractivity contribution in [2.45, 2.75) is 13.0 Å². The standard InChI is InChI=1S/C15H12N2O2/c16-9-11-4-5-12(15-13(11)6-8-18-15)10-19-14-3-1-2-7-17-14/h1-5,7H,6,8,10H2. The minimum atomic E-state index is 0.394. The molecule has 0 fully saturated rings. The van der Waals surface area contributed by atoms with Crippen molar-refractivity contribution in [2.24, 2.45) is 0 Å². The van der Waals surface area contributed by atoms with Gasteiger partial charge in [-0.25, -0.2) is 4.98 Å². The Morgan fingerprint density at radius 3 is 3.05 bits per heavy atom. The monoisotopic (exact) mass is 252 g/mol. The fraction of sp³-hybridized carbons (Fsp3) is 0.200. The smallest absolute Gasteiger partial charge is 0.213 e. The molecule has 4 nitrogen and oxygen atoms in total. The molecule has 94 valence electrons. The minimum Gasteiger partial charge on any atom is -0.492 e. The summed E-state index contributed by atoms with van der Waals surface area (Å²) in [6, 6.07) is 11.4. The van der Waals surface area contributed by atoms with Crippen LogP contribution in [-0.4, -0.2) is 11.6 Å². The molecule has 0 spiro atoms. The van der Waals surface area contributed by atoms with Crippen LogP contribution in [0.25, 0.3) is 0 Å². The summed E-state index contributed by atoms with van der Waals surface area (Å²) in [6.45, 7) is 1.02. The van der Waals surface area contributed by atoms with E-state index in [1.165, 1.54) is 0 Å². The summed E-state index contributed by atoms with van der Waals surface area (Å²) >= 11 is 0. The lowest BCUT2D eigenvalue weighted by Crippen LogP contribution is -2.00. The summed E-state index contributed by atoms with van der Waals surface area (Å²) in [5.74, 6) is 1.38. The van der Waals surface area contributed by atoms with Crippen LogP contribution in [0, 0.1) is 11.3 Å². The second kappa shape index (κ2) is 4.99. The van der Waals surface area contributed by atoms with Crippen LogP contribution in [-0.2, 0) is 13.0 Å². The molecular formula is C15H12N2O2.